The minimum Gasteiger partial charge on any atom is -0.550 e. The van der Waals surface area contributed by atoms with Gasteiger partial charge >= 0.3 is 0 Å². The van der Waals surface area contributed by atoms with E-state index in [0.29, 0.717) is 11.7 Å². The van der Waals surface area contributed by atoms with E-state index in [1.54, 1.807) is 0 Å². The second-order valence-corrected chi connectivity index (χ2v) is 10.1. The molecule has 0 spiro atoms. The molecule has 2 heterocycles. The number of carboxylic acids is 1. The Balaban J connectivity index is 1.70. The Bertz CT molecular complexity index is 839. The van der Waals surface area contributed by atoms with Crippen molar-refractivity contribution in [2.75, 3.05) is 18.1 Å². The van der Waals surface area contributed by atoms with Gasteiger partial charge in [-0.1, -0.05) is 42.1 Å². The van der Waals surface area contributed by atoms with Crippen molar-refractivity contribution in [2.45, 2.75) is 37.0 Å². The first-order valence-corrected chi connectivity index (χ1v) is 11.5. The molecule has 0 aromatic heterocycles. The number of carbonyl (C=O) groups excluding carboxylic acids is 2. The van der Waals surface area contributed by atoms with Gasteiger partial charge in [0, 0.05) is 24.2 Å². The fourth-order valence-corrected chi connectivity index (χ4v) is 7.33. The molecule has 0 N–H and O–H groups in total. The number of amidine groups is 1. The van der Waals surface area contributed by atoms with E-state index >= 15 is 0 Å². The molecule has 146 valence electrons. The smallest absolute Gasteiger partial charge is 0.248 e. The quantitative estimate of drug-likeness (QED) is 0.635. The fraction of sp³-hybridized carbons (Fsp3) is 0.500. The van der Waals surface area contributed by atoms with Crippen molar-refractivity contribution in [3.63, 3.8) is 0 Å². The van der Waals surface area contributed by atoms with Gasteiger partial charge < -0.3 is 14.8 Å². The van der Waals surface area contributed by atoms with Crippen molar-refractivity contribution < 1.29 is 23.1 Å². The Morgan fingerprint density at radius 1 is 1.19 bits per heavy atom. The molecule has 27 heavy (non-hydrogen) atoms. The van der Waals surface area contributed by atoms with Crippen LogP contribution in [0.5, 0.6) is 0 Å². The van der Waals surface area contributed by atoms with E-state index < -0.39 is 15.8 Å². The normalized spacial score (nSPS) is 24.9. The summed E-state index contributed by atoms with van der Waals surface area (Å²) in [6.45, 7) is 0.582. The van der Waals surface area contributed by atoms with Crippen LogP contribution < -0.4 is 5.11 Å². The van der Waals surface area contributed by atoms with Gasteiger partial charge in [-0.2, -0.15) is 4.99 Å². The van der Waals surface area contributed by atoms with Gasteiger partial charge in [0.2, 0.25) is 5.91 Å². The lowest BCUT2D eigenvalue weighted by molar-refractivity contribution is -0.305. The van der Waals surface area contributed by atoms with E-state index in [4.69, 9.17) is 0 Å². The maximum Gasteiger partial charge on any atom is 0.248 e. The topological polar surface area (TPSA) is 107 Å². The molecular weight excluding hydrogens is 388 g/mol. The maximum absolute atomic E-state index is 12.1. The number of sulfone groups is 1. The molecule has 2 aliphatic heterocycles. The largest absolute Gasteiger partial charge is 0.550 e. The number of hydrogen-bond acceptors (Lipinski definition) is 6. The summed E-state index contributed by atoms with van der Waals surface area (Å²) in [4.78, 5) is 28.6. The molecule has 2 fully saturated rings. The highest BCUT2D eigenvalue weighted by Crippen LogP contribution is 2.38. The predicted octanol–water partition coefficient (Wildman–Crippen LogP) is 0.246. The molecule has 0 bridgehead atoms. The molecule has 0 unspecified atom stereocenters. The monoisotopic (exact) mass is 409 g/mol. The van der Waals surface area contributed by atoms with Crippen LogP contribution in [0, 0.1) is 0 Å². The number of nitrogens with zero attached hydrogens (tertiary/aromatic N) is 2. The van der Waals surface area contributed by atoms with Gasteiger partial charge in [0.25, 0.3) is 0 Å². The van der Waals surface area contributed by atoms with Crippen LogP contribution >= 0.6 is 11.8 Å². The van der Waals surface area contributed by atoms with E-state index in [0.717, 1.165) is 12.0 Å². The van der Waals surface area contributed by atoms with E-state index in [2.05, 4.69) is 4.99 Å². The van der Waals surface area contributed by atoms with Crippen molar-refractivity contribution in [1.29, 1.82) is 0 Å². The van der Waals surface area contributed by atoms with E-state index in [-0.39, 0.29) is 48.0 Å². The van der Waals surface area contributed by atoms with E-state index in [9.17, 15) is 23.1 Å². The number of aliphatic carboxylic acids is 1. The summed E-state index contributed by atoms with van der Waals surface area (Å²) in [6.07, 6.45) is 0.777. The molecule has 1 aromatic carbocycles. The summed E-state index contributed by atoms with van der Waals surface area (Å²) in [5, 5.41) is 10.9. The summed E-state index contributed by atoms with van der Waals surface area (Å²) in [5.41, 5.74) is 1.13. The molecule has 2 atom stereocenters. The van der Waals surface area contributed by atoms with Crippen molar-refractivity contribution >= 4 is 38.6 Å². The first-order chi connectivity index (χ1) is 12.8. The third-order valence-electron chi connectivity index (χ3n) is 4.65. The number of fused-ring (bicyclic) bond motifs is 1. The third-order valence-corrected chi connectivity index (χ3v) is 7.90. The first-order valence-electron chi connectivity index (χ1n) is 8.83. The van der Waals surface area contributed by atoms with Gasteiger partial charge in [-0.15, -0.1) is 0 Å². The summed E-state index contributed by atoms with van der Waals surface area (Å²) in [6, 6.07) is 9.69. The average molecular weight is 410 g/mol. The zero-order valence-corrected chi connectivity index (χ0v) is 16.4. The second kappa shape index (κ2) is 8.43. The van der Waals surface area contributed by atoms with E-state index in [1.807, 2.05) is 35.2 Å². The van der Waals surface area contributed by atoms with Crippen LogP contribution in [-0.2, 0) is 25.8 Å². The van der Waals surface area contributed by atoms with Crippen molar-refractivity contribution in [3.05, 3.63) is 35.9 Å². The predicted molar refractivity (Wildman–Crippen MR) is 102 cm³/mol. The summed E-state index contributed by atoms with van der Waals surface area (Å²) in [7, 11) is -3.07. The molecular formula is C18H21N2O5S2-. The number of carbonyl (C=O) groups is 2. The van der Waals surface area contributed by atoms with Crippen LogP contribution in [0.1, 0.15) is 24.8 Å². The molecule has 0 aliphatic carbocycles. The van der Waals surface area contributed by atoms with Gasteiger partial charge in [-0.3, -0.25) is 4.79 Å². The number of amides is 1. The molecule has 2 aliphatic rings. The van der Waals surface area contributed by atoms with Crippen LogP contribution in [0.15, 0.2) is 35.3 Å². The zero-order chi connectivity index (χ0) is 19.4. The minimum atomic E-state index is -3.07. The molecule has 7 nitrogen and oxygen atoms in total. The SMILES string of the molecule is O=C([O-])CCCC(=O)N=C1S[C@H]2CS(=O)(=O)C[C@H]2N1CCc1ccccc1. The summed E-state index contributed by atoms with van der Waals surface area (Å²) < 4.78 is 24.0. The Labute approximate surface area is 162 Å². The van der Waals surface area contributed by atoms with Crippen molar-refractivity contribution in [3.8, 4) is 0 Å². The fourth-order valence-electron chi connectivity index (χ4n) is 3.34. The number of aliphatic imine (C=N–C) groups is 1. The number of rotatable bonds is 7. The Kier molecular flexibility index (Phi) is 6.21. The molecule has 1 amide bonds. The third kappa shape index (κ3) is 5.32. The number of thioether (sulfide) groups is 1. The van der Waals surface area contributed by atoms with E-state index in [1.165, 1.54) is 11.8 Å². The maximum atomic E-state index is 12.1. The Morgan fingerprint density at radius 2 is 1.93 bits per heavy atom. The zero-order valence-electron chi connectivity index (χ0n) is 14.7. The van der Waals surface area contributed by atoms with Gasteiger partial charge in [0.1, 0.15) is 0 Å². The lowest BCUT2D eigenvalue weighted by atomic mass is 10.1. The first kappa shape index (κ1) is 19.9. The summed E-state index contributed by atoms with van der Waals surface area (Å²) in [5.74, 6) is -1.39. The standard InChI is InChI=1S/C18H22N2O5S2/c21-16(7-4-8-17(22)23)19-18-20(10-9-13-5-2-1-3-6-13)14-11-27(24,25)12-15(14)26-18/h1-3,5-6,14-15H,4,7-12H2,(H,22,23)/p-1/t14-,15+/m1/s1. The molecule has 0 radical (unpaired) electrons. The highest BCUT2D eigenvalue weighted by molar-refractivity contribution is 8.15. The van der Waals surface area contributed by atoms with Crippen LogP contribution in [0.3, 0.4) is 0 Å². The van der Waals surface area contributed by atoms with Crippen LogP contribution in [-0.4, -0.2) is 59.7 Å². The number of benzene rings is 1. The van der Waals surface area contributed by atoms with Crippen LogP contribution in [0.25, 0.3) is 0 Å². The molecule has 2 saturated heterocycles. The van der Waals surface area contributed by atoms with Crippen LogP contribution in [0.4, 0.5) is 0 Å². The highest BCUT2D eigenvalue weighted by atomic mass is 32.2. The van der Waals surface area contributed by atoms with Crippen molar-refractivity contribution in [2.24, 2.45) is 4.99 Å². The lowest BCUT2D eigenvalue weighted by Gasteiger charge is -2.24. The minimum absolute atomic E-state index is 0.0399. The number of hydrogen-bond donors (Lipinski definition) is 0. The van der Waals surface area contributed by atoms with Gasteiger partial charge in [0.05, 0.1) is 17.5 Å². The van der Waals surface area contributed by atoms with Gasteiger partial charge in [-0.05, 0) is 24.8 Å². The second-order valence-electron chi connectivity index (χ2n) is 6.74. The molecule has 3 rings (SSSR count). The molecule has 9 heteroatoms. The average Bonchev–Trinajstić information content (AvgIpc) is 3.04. The highest BCUT2D eigenvalue weighted by Gasteiger charge is 2.48. The number of carboxylic acid groups (broad SMARTS) is 1. The Morgan fingerprint density at radius 3 is 2.63 bits per heavy atom. The van der Waals surface area contributed by atoms with Gasteiger partial charge in [0.15, 0.2) is 15.0 Å². The Hall–Kier alpha value is -1.87. The summed E-state index contributed by atoms with van der Waals surface area (Å²) >= 11 is 1.34. The molecule has 0 saturated carbocycles. The van der Waals surface area contributed by atoms with Gasteiger partial charge in [-0.25, -0.2) is 8.42 Å². The lowest BCUT2D eigenvalue weighted by Crippen LogP contribution is -2.39. The van der Waals surface area contributed by atoms with Crippen LogP contribution in [0.2, 0.25) is 0 Å². The molecule has 1 aromatic rings. The van der Waals surface area contributed by atoms with Crippen molar-refractivity contribution in [1.82, 2.24) is 4.90 Å².